The van der Waals surface area contributed by atoms with E-state index in [1.165, 1.54) is 0 Å². The molecule has 6 heteroatoms. The highest BCUT2D eigenvalue weighted by Crippen LogP contribution is 2.10. The van der Waals surface area contributed by atoms with E-state index in [0.29, 0.717) is 17.4 Å². The molecule has 16 heavy (non-hydrogen) atoms. The molecule has 0 aliphatic heterocycles. The zero-order chi connectivity index (χ0) is 12.1. The lowest BCUT2D eigenvalue weighted by Crippen LogP contribution is -2.16. The van der Waals surface area contributed by atoms with Crippen molar-refractivity contribution in [3.05, 3.63) is 51.1 Å². The number of allylic oxidation sites excluding steroid dienone is 1. The number of nitro groups is 1. The molecule has 0 bridgehead atoms. The van der Waals surface area contributed by atoms with Gasteiger partial charge in [0.25, 0.3) is 6.20 Å². The number of hydrogen-bond donors (Lipinski definition) is 0. The molecule has 0 saturated heterocycles. The third kappa shape index (κ3) is 3.86. The minimum Gasteiger partial charge on any atom is -0.369 e. The Kier molecular flexibility index (Phi) is 4.25. The molecule has 0 aromatic carbocycles. The van der Waals surface area contributed by atoms with Crippen LogP contribution >= 0.6 is 11.6 Å². The molecule has 1 aromatic heterocycles. The highest BCUT2D eigenvalue weighted by molar-refractivity contribution is 6.29. The molecule has 0 spiro atoms. The maximum Gasteiger partial charge on any atom is 0.253 e. The van der Waals surface area contributed by atoms with E-state index < -0.39 is 4.92 Å². The molecule has 0 atom stereocenters. The Bertz CT molecular complexity index is 403. The topological polar surface area (TPSA) is 59.3 Å². The molecular formula is C10H12ClN3O2. The van der Waals surface area contributed by atoms with Crippen LogP contribution in [-0.4, -0.2) is 21.9 Å². The molecule has 0 aliphatic rings. The number of nitrogens with zero attached hydrogens (tertiary/aromatic N) is 3. The maximum absolute atomic E-state index is 10.3. The van der Waals surface area contributed by atoms with Crippen LogP contribution in [0.25, 0.3) is 0 Å². The molecule has 1 heterocycles. The van der Waals surface area contributed by atoms with Gasteiger partial charge in [0.15, 0.2) is 0 Å². The van der Waals surface area contributed by atoms with E-state index in [1.807, 2.05) is 6.07 Å². The van der Waals surface area contributed by atoms with Crippen molar-refractivity contribution in [1.82, 2.24) is 9.88 Å². The van der Waals surface area contributed by atoms with Gasteiger partial charge in [0, 0.05) is 19.8 Å². The number of aromatic nitrogens is 1. The second kappa shape index (κ2) is 5.46. The van der Waals surface area contributed by atoms with Gasteiger partial charge in [-0.15, -0.1) is 0 Å². The molecule has 0 fully saturated rings. The lowest BCUT2D eigenvalue weighted by Gasteiger charge is -2.17. The Morgan fingerprint density at radius 2 is 2.38 bits per heavy atom. The Labute approximate surface area is 98.5 Å². The van der Waals surface area contributed by atoms with Crippen LogP contribution in [-0.2, 0) is 6.54 Å². The van der Waals surface area contributed by atoms with Crippen molar-refractivity contribution in [2.75, 3.05) is 7.05 Å². The average molecular weight is 242 g/mol. The molecule has 1 rings (SSSR count). The Balaban J connectivity index is 2.67. The van der Waals surface area contributed by atoms with E-state index in [2.05, 4.69) is 4.98 Å². The van der Waals surface area contributed by atoms with Crippen LogP contribution < -0.4 is 0 Å². The third-order valence-corrected chi connectivity index (χ3v) is 2.33. The maximum atomic E-state index is 10.3. The third-order valence-electron chi connectivity index (χ3n) is 2.10. The summed E-state index contributed by atoms with van der Waals surface area (Å²) in [4.78, 5) is 15.5. The number of rotatable bonds is 4. The average Bonchev–Trinajstić information content (AvgIpc) is 2.20. The summed E-state index contributed by atoms with van der Waals surface area (Å²) in [7, 11) is 1.78. The van der Waals surface area contributed by atoms with Crippen molar-refractivity contribution in [1.29, 1.82) is 0 Å². The van der Waals surface area contributed by atoms with Gasteiger partial charge in [0.05, 0.1) is 10.6 Å². The predicted octanol–water partition coefficient (Wildman–Crippen LogP) is 2.30. The van der Waals surface area contributed by atoms with Gasteiger partial charge in [0.2, 0.25) is 0 Å². The van der Waals surface area contributed by atoms with E-state index in [0.717, 1.165) is 11.8 Å². The number of halogens is 1. The Morgan fingerprint density at radius 1 is 1.69 bits per heavy atom. The van der Waals surface area contributed by atoms with Gasteiger partial charge in [0.1, 0.15) is 5.15 Å². The van der Waals surface area contributed by atoms with E-state index >= 15 is 0 Å². The van der Waals surface area contributed by atoms with E-state index in [-0.39, 0.29) is 0 Å². The first-order valence-electron chi connectivity index (χ1n) is 4.62. The monoisotopic (exact) mass is 241 g/mol. The molecule has 0 N–H and O–H groups in total. The first kappa shape index (κ1) is 12.4. The number of hydrogen-bond acceptors (Lipinski definition) is 4. The van der Waals surface area contributed by atoms with Gasteiger partial charge in [-0.2, -0.15) is 0 Å². The van der Waals surface area contributed by atoms with Crippen molar-refractivity contribution >= 4 is 11.6 Å². The first-order valence-corrected chi connectivity index (χ1v) is 5.00. The Morgan fingerprint density at radius 3 is 2.88 bits per heavy atom. The summed E-state index contributed by atoms with van der Waals surface area (Å²) in [5.41, 5.74) is 1.53. The van der Waals surface area contributed by atoms with Crippen LogP contribution in [0.5, 0.6) is 0 Å². The minimum absolute atomic E-state index is 0.434. The Hall–Kier alpha value is -1.62. The largest absolute Gasteiger partial charge is 0.369 e. The second-order valence-corrected chi connectivity index (χ2v) is 3.79. The van der Waals surface area contributed by atoms with Gasteiger partial charge < -0.3 is 4.90 Å². The van der Waals surface area contributed by atoms with Crippen LogP contribution in [0.2, 0.25) is 5.15 Å². The van der Waals surface area contributed by atoms with Crippen molar-refractivity contribution in [2.45, 2.75) is 13.5 Å². The molecule has 86 valence electrons. The fourth-order valence-corrected chi connectivity index (χ4v) is 1.26. The summed E-state index contributed by atoms with van der Waals surface area (Å²) < 4.78 is 0. The quantitative estimate of drug-likeness (QED) is 0.461. The molecule has 0 saturated carbocycles. The molecule has 0 aliphatic carbocycles. The van der Waals surface area contributed by atoms with Crippen LogP contribution in [0, 0.1) is 10.1 Å². The highest BCUT2D eigenvalue weighted by atomic mass is 35.5. The van der Waals surface area contributed by atoms with E-state index in [1.54, 1.807) is 31.1 Å². The van der Waals surface area contributed by atoms with Crippen LogP contribution in [0.4, 0.5) is 0 Å². The standard InChI is InChI=1S/C10H12ClN3O2/c1-8(6-14(15)16)13(2)7-9-3-4-10(11)12-5-9/h3-6H,7H2,1-2H3. The lowest BCUT2D eigenvalue weighted by atomic mass is 10.2. The summed E-state index contributed by atoms with van der Waals surface area (Å²) in [5, 5.41) is 10.7. The normalized spacial score (nSPS) is 11.3. The van der Waals surface area contributed by atoms with Gasteiger partial charge in [-0.1, -0.05) is 17.7 Å². The van der Waals surface area contributed by atoms with Crippen molar-refractivity contribution in [2.24, 2.45) is 0 Å². The zero-order valence-corrected chi connectivity index (χ0v) is 9.81. The fourth-order valence-electron chi connectivity index (χ4n) is 1.15. The van der Waals surface area contributed by atoms with Crippen LogP contribution in [0.3, 0.4) is 0 Å². The predicted molar refractivity (Wildman–Crippen MR) is 61.5 cm³/mol. The first-order chi connectivity index (χ1) is 7.49. The number of pyridine rings is 1. The summed E-state index contributed by atoms with van der Waals surface area (Å²) in [6, 6.07) is 3.53. The van der Waals surface area contributed by atoms with Crippen LogP contribution in [0.1, 0.15) is 12.5 Å². The molecule has 1 aromatic rings. The SMILES string of the molecule is CC(=C[N+](=O)[O-])N(C)Cc1ccc(Cl)nc1. The van der Waals surface area contributed by atoms with Gasteiger partial charge in [-0.3, -0.25) is 10.1 Å². The van der Waals surface area contributed by atoms with Crippen molar-refractivity contribution in [3.8, 4) is 0 Å². The van der Waals surface area contributed by atoms with Gasteiger partial charge >= 0.3 is 0 Å². The van der Waals surface area contributed by atoms with E-state index in [9.17, 15) is 10.1 Å². The smallest absolute Gasteiger partial charge is 0.253 e. The lowest BCUT2D eigenvalue weighted by molar-refractivity contribution is -0.404. The van der Waals surface area contributed by atoms with E-state index in [4.69, 9.17) is 11.6 Å². The summed E-state index contributed by atoms with van der Waals surface area (Å²) in [6.07, 6.45) is 2.63. The van der Waals surface area contributed by atoms with Gasteiger partial charge in [-0.25, -0.2) is 4.98 Å². The molecular weight excluding hydrogens is 230 g/mol. The summed E-state index contributed by atoms with van der Waals surface area (Å²) in [5.74, 6) is 0. The van der Waals surface area contributed by atoms with Gasteiger partial charge in [-0.05, 0) is 18.6 Å². The van der Waals surface area contributed by atoms with Crippen molar-refractivity contribution < 1.29 is 4.92 Å². The molecule has 5 nitrogen and oxygen atoms in total. The van der Waals surface area contributed by atoms with Crippen LogP contribution in [0.15, 0.2) is 30.2 Å². The molecule has 0 radical (unpaired) electrons. The minimum atomic E-state index is -0.466. The molecule has 0 amide bonds. The zero-order valence-electron chi connectivity index (χ0n) is 9.05. The van der Waals surface area contributed by atoms with Crippen molar-refractivity contribution in [3.63, 3.8) is 0 Å². The highest BCUT2D eigenvalue weighted by Gasteiger charge is 2.04. The summed E-state index contributed by atoms with van der Waals surface area (Å²) >= 11 is 5.65. The second-order valence-electron chi connectivity index (χ2n) is 3.40. The summed E-state index contributed by atoms with van der Waals surface area (Å²) in [6.45, 7) is 2.24. The molecule has 0 unspecified atom stereocenters. The fraction of sp³-hybridized carbons (Fsp3) is 0.300.